The number of benzene rings is 1. The first kappa shape index (κ1) is 14.3. The zero-order valence-electron chi connectivity index (χ0n) is 12.0. The Labute approximate surface area is 120 Å². The van der Waals surface area contributed by atoms with E-state index in [-0.39, 0.29) is 0 Å². The van der Waals surface area contributed by atoms with Gasteiger partial charge in [-0.25, -0.2) is 0 Å². The van der Waals surface area contributed by atoms with Gasteiger partial charge in [-0.3, -0.25) is 0 Å². The van der Waals surface area contributed by atoms with E-state index in [2.05, 4.69) is 28.9 Å². The summed E-state index contributed by atoms with van der Waals surface area (Å²) in [7, 11) is 1.63. The molecule has 0 aliphatic heterocycles. The molecule has 1 heterocycles. The van der Waals surface area contributed by atoms with Gasteiger partial charge in [0, 0.05) is 18.3 Å². The van der Waals surface area contributed by atoms with Crippen LogP contribution in [-0.2, 0) is 0 Å². The monoisotopic (exact) mass is 271 g/mol. The van der Waals surface area contributed by atoms with Crippen molar-refractivity contribution in [3.05, 3.63) is 48.0 Å². The highest BCUT2D eigenvalue weighted by atomic mass is 16.5. The van der Waals surface area contributed by atoms with E-state index >= 15 is 0 Å². The number of hydrogen-bond acceptors (Lipinski definition) is 4. The number of anilines is 2. The van der Waals surface area contributed by atoms with E-state index in [0.29, 0.717) is 12.4 Å². The number of para-hydroxylation sites is 1. The van der Waals surface area contributed by atoms with Gasteiger partial charge in [-0.1, -0.05) is 24.3 Å². The number of hydrogen-bond donors (Lipinski definition) is 1. The predicted octanol–water partition coefficient (Wildman–Crippen LogP) is 2.89. The largest absolute Gasteiger partial charge is 0.481 e. The second-order valence-electron chi connectivity index (χ2n) is 4.62. The number of aromatic nitrogens is 1. The van der Waals surface area contributed by atoms with Crippen molar-refractivity contribution in [2.45, 2.75) is 13.3 Å². The highest BCUT2D eigenvalue weighted by Gasteiger charge is 2.12. The predicted molar refractivity (Wildman–Crippen MR) is 82.6 cm³/mol. The van der Waals surface area contributed by atoms with Gasteiger partial charge in [0.25, 0.3) is 0 Å². The molecule has 2 aromatic rings. The van der Waals surface area contributed by atoms with Crippen LogP contribution in [-0.4, -0.2) is 25.2 Å². The Kier molecular flexibility index (Phi) is 4.96. The third-order valence-corrected chi connectivity index (χ3v) is 3.19. The molecule has 1 aromatic heterocycles. The number of nitrogens with zero attached hydrogens (tertiary/aromatic N) is 2. The molecule has 0 bridgehead atoms. The Hall–Kier alpha value is -2.07. The number of methoxy groups -OCH3 is 1. The summed E-state index contributed by atoms with van der Waals surface area (Å²) in [6.45, 7) is 3.60. The molecule has 20 heavy (non-hydrogen) atoms. The van der Waals surface area contributed by atoms with Crippen LogP contribution in [0.5, 0.6) is 5.88 Å². The molecule has 106 valence electrons. The Balaban J connectivity index is 2.38. The standard InChI is InChI=1S/C16H21N3O/c1-13-7-3-4-8-14(13)19(12-6-11-17)15-9-5-10-16(18-15)20-2/h3-5,7-10H,6,11-12,17H2,1-2H3. The second-order valence-corrected chi connectivity index (χ2v) is 4.62. The highest BCUT2D eigenvalue weighted by molar-refractivity contribution is 5.63. The van der Waals surface area contributed by atoms with Crippen molar-refractivity contribution in [2.75, 3.05) is 25.1 Å². The third kappa shape index (κ3) is 3.27. The average molecular weight is 271 g/mol. The fourth-order valence-electron chi connectivity index (χ4n) is 2.14. The fourth-order valence-corrected chi connectivity index (χ4v) is 2.14. The van der Waals surface area contributed by atoms with Crippen molar-refractivity contribution in [3.8, 4) is 5.88 Å². The zero-order chi connectivity index (χ0) is 14.4. The van der Waals surface area contributed by atoms with E-state index in [0.717, 1.165) is 24.5 Å². The van der Waals surface area contributed by atoms with Crippen LogP contribution in [0, 0.1) is 6.92 Å². The highest BCUT2D eigenvalue weighted by Crippen LogP contribution is 2.28. The van der Waals surface area contributed by atoms with Crippen molar-refractivity contribution in [3.63, 3.8) is 0 Å². The molecular formula is C16H21N3O. The van der Waals surface area contributed by atoms with E-state index in [1.807, 2.05) is 30.3 Å². The number of aryl methyl sites for hydroxylation is 1. The summed E-state index contributed by atoms with van der Waals surface area (Å²) in [6, 6.07) is 14.1. The SMILES string of the molecule is COc1cccc(N(CCCN)c2ccccc2C)n1. The fraction of sp³-hybridized carbons (Fsp3) is 0.312. The molecule has 0 aliphatic rings. The van der Waals surface area contributed by atoms with Crippen molar-refractivity contribution < 1.29 is 4.74 Å². The molecule has 0 saturated heterocycles. The lowest BCUT2D eigenvalue weighted by Crippen LogP contribution is -2.22. The lowest BCUT2D eigenvalue weighted by atomic mass is 10.1. The quantitative estimate of drug-likeness (QED) is 0.877. The topological polar surface area (TPSA) is 51.4 Å². The van der Waals surface area contributed by atoms with Crippen LogP contribution < -0.4 is 15.4 Å². The van der Waals surface area contributed by atoms with Crippen LogP contribution in [0.2, 0.25) is 0 Å². The molecule has 0 saturated carbocycles. The van der Waals surface area contributed by atoms with Gasteiger partial charge in [0.1, 0.15) is 5.82 Å². The lowest BCUT2D eigenvalue weighted by molar-refractivity contribution is 0.398. The minimum Gasteiger partial charge on any atom is -0.481 e. The summed E-state index contributed by atoms with van der Waals surface area (Å²) in [5, 5.41) is 0. The van der Waals surface area contributed by atoms with E-state index < -0.39 is 0 Å². The number of rotatable bonds is 6. The summed E-state index contributed by atoms with van der Waals surface area (Å²) in [6.07, 6.45) is 0.910. The molecule has 0 radical (unpaired) electrons. The van der Waals surface area contributed by atoms with Crippen LogP contribution in [0.3, 0.4) is 0 Å². The molecule has 4 nitrogen and oxygen atoms in total. The van der Waals surface area contributed by atoms with Crippen molar-refractivity contribution in [1.29, 1.82) is 0 Å². The van der Waals surface area contributed by atoms with Crippen molar-refractivity contribution in [2.24, 2.45) is 5.73 Å². The molecular weight excluding hydrogens is 250 g/mol. The Morgan fingerprint density at radius 3 is 2.65 bits per heavy atom. The zero-order valence-corrected chi connectivity index (χ0v) is 12.0. The summed E-state index contributed by atoms with van der Waals surface area (Å²) < 4.78 is 5.21. The first-order valence-corrected chi connectivity index (χ1v) is 6.80. The van der Waals surface area contributed by atoms with Gasteiger partial charge in [0.05, 0.1) is 7.11 Å². The second kappa shape index (κ2) is 6.91. The van der Waals surface area contributed by atoms with E-state index in [9.17, 15) is 0 Å². The smallest absolute Gasteiger partial charge is 0.214 e. The molecule has 0 aliphatic carbocycles. The molecule has 0 fully saturated rings. The lowest BCUT2D eigenvalue weighted by Gasteiger charge is -2.25. The number of pyridine rings is 1. The molecule has 0 atom stereocenters. The van der Waals surface area contributed by atoms with Gasteiger partial charge < -0.3 is 15.4 Å². The van der Waals surface area contributed by atoms with Crippen LogP contribution >= 0.6 is 0 Å². The summed E-state index contributed by atoms with van der Waals surface area (Å²) >= 11 is 0. The number of ether oxygens (including phenoxy) is 1. The molecule has 1 aromatic carbocycles. The summed E-state index contributed by atoms with van der Waals surface area (Å²) in [5.41, 5.74) is 8.03. The molecule has 4 heteroatoms. The van der Waals surface area contributed by atoms with Gasteiger partial charge >= 0.3 is 0 Å². The maximum Gasteiger partial charge on any atom is 0.214 e. The van der Waals surface area contributed by atoms with Gasteiger partial charge in [0.15, 0.2) is 0 Å². The Morgan fingerprint density at radius 1 is 1.15 bits per heavy atom. The first-order valence-electron chi connectivity index (χ1n) is 6.80. The third-order valence-electron chi connectivity index (χ3n) is 3.19. The molecule has 0 unspecified atom stereocenters. The maximum absolute atomic E-state index is 5.66. The van der Waals surface area contributed by atoms with E-state index in [1.54, 1.807) is 7.11 Å². The van der Waals surface area contributed by atoms with Gasteiger partial charge in [-0.15, -0.1) is 0 Å². The summed E-state index contributed by atoms with van der Waals surface area (Å²) in [5.74, 6) is 1.50. The molecule has 2 rings (SSSR count). The van der Waals surface area contributed by atoms with Crippen LogP contribution in [0.4, 0.5) is 11.5 Å². The first-order chi connectivity index (χ1) is 9.76. The molecule has 2 N–H and O–H groups in total. The Bertz CT molecular complexity index is 557. The van der Waals surface area contributed by atoms with Crippen LogP contribution in [0.15, 0.2) is 42.5 Å². The maximum atomic E-state index is 5.66. The van der Waals surface area contributed by atoms with Gasteiger partial charge in [-0.2, -0.15) is 4.98 Å². The van der Waals surface area contributed by atoms with Crippen LogP contribution in [0.25, 0.3) is 0 Å². The van der Waals surface area contributed by atoms with Crippen molar-refractivity contribution >= 4 is 11.5 Å². The molecule has 0 amide bonds. The van der Waals surface area contributed by atoms with Gasteiger partial charge in [0.2, 0.25) is 5.88 Å². The van der Waals surface area contributed by atoms with E-state index in [1.165, 1.54) is 5.56 Å². The minimum absolute atomic E-state index is 0.619. The van der Waals surface area contributed by atoms with Gasteiger partial charge in [-0.05, 0) is 37.6 Å². The van der Waals surface area contributed by atoms with Crippen molar-refractivity contribution in [1.82, 2.24) is 4.98 Å². The normalized spacial score (nSPS) is 10.3. The number of nitrogens with two attached hydrogens (primary N) is 1. The molecule has 0 spiro atoms. The summed E-state index contributed by atoms with van der Waals surface area (Å²) in [4.78, 5) is 6.71. The minimum atomic E-state index is 0.619. The van der Waals surface area contributed by atoms with Crippen LogP contribution in [0.1, 0.15) is 12.0 Å². The Morgan fingerprint density at radius 2 is 1.95 bits per heavy atom. The average Bonchev–Trinajstić information content (AvgIpc) is 2.49. The van der Waals surface area contributed by atoms with E-state index in [4.69, 9.17) is 10.5 Å².